The predicted molar refractivity (Wildman–Crippen MR) is 108 cm³/mol. The Morgan fingerprint density at radius 3 is 2.70 bits per heavy atom. The number of fused-ring (bicyclic) bond motifs is 1. The van der Waals surface area contributed by atoms with Gasteiger partial charge in [-0.15, -0.1) is 0 Å². The standard InChI is InChI=1S/C22H25N3O2/c1-17-14-19-21(15-20(17)24-10-12-27-13-11-24)25(16-23-19)22(26)9-5-8-18-6-3-2-4-7-18/h2-4,6-7,14-16H,5,8-13H2,1H3. The van der Waals surface area contributed by atoms with E-state index in [0.29, 0.717) is 6.42 Å². The number of hydrogen-bond acceptors (Lipinski definition) is 4. The van der Waals surface area contributed by atoms with Gasteiger partial charge in [0.2, 0.25) is 5.91 Å². The molecular weight excluding hydrogens is 338 g/mol. The van der Waals surface area contributed by atoms with Crippen molar-refractivity contribution < 1.29 is 9.53 Å². The molecule has 1 aliphatic rings. The zero-order valence-corrected chi connectivity index (χ0v) is 15.7. The Morgan fingerprint density at radius 2 is 1.93 bits per heavy atom. The first-order valence-electron chi connectivity index (χ1n) is 9.60. The van der Waals surface area contributed by atoms with Gasteiger partial charge in [0.05, 0.1) is 24.2 Å². The number of benzene rings is 2. The van der Waals surface area contributed by atoms with Gasteiger partial charge in [0.25, 0.3) is 0 Å². The lowest BCUT2D eigenvalue weighted by atomic mass is 10.1. The van der Waals surface area contributed by atoms with Gasteiger partial charge in [0.1, 0.15) is 6.33 Å². The summed E-state index contributed by atoms with van der Waals surface area (Å²) in [7, 11) is 0. The number of hydrogen-bond donors (Lipinski definition) is 0. The van der Waals surface area contributed by atoms with E-state index in [9.17, 15) is 4.79 Å². The zero-order chi connectivity index (χ0) is 18.6. The maximum absolute atomic E-state index is 12.8. The highest BCUT2D eigenvalue weighted by Crippen LogP contribution is 2.27. The first-order chi connectivity index (χ1) is 13.2. The highest BCUT2D eigenvalue weighted by Gasteiger charge is 2.17. The van der Waals surface area contributed by atoms with Gasteiger partial charge >= 0.3 is 0 Å². The third-order valence-electron chi connectivity index (χ3n) is 5.18. The van der Waals surface area contributed by atoms with E-state index >= 15 is 0 Å². The quantitative estimate of drug-likeness (QED) is 0.691. The number of carbonyl (C=O) groups excluding carboxylic acids is 1. The van der Waals surface area contributed by atoms with Gasteiger partial charge in [0, 0.05) is 25.2 Å². The van der Waals surface area contributed by atoms with Gasteiger partial charge < -0.3 is 9.64 Å². The Kier molecular flexibility index (Phi) is 5.21. The van der Waals surface area contributed by atoms with Crippen LogP contribution in [0, 0.1) is 6.92 Å². The van der Waals surface area contributed by atoms with Crippen LogP contribution < -0.4 is 4.90 Å². The molecule has 2 heterocycles. The minimum atomic E-state index is 0.102. The third kappa shape index (κ3) is 3.88. The summed E-state index contributed by atoms with van der Waals surface area (Å²) in [5, 5.41) is 0. The molecule has 0 aliphatic carbocycles. The van der Waals surface area contributed by atoms with Crippen LogP contribution in [0.4, 0.5) is 5.69 Å². The number of ether oxygens (including phenoxy) is 1. The topological polar surface area (TPSA) is 47.4 Å². The lowest BCUT2D eigenvalue weighted by Gasteiger charge is -2.30. The summed E-state index contributed by atoms with van der Waals surface area (Å²) >= 11 is 0. The summed E-state index contributed by atoms with van der Waals surface area (Å²) in [5.74, 6) is 0.102. The van der Waals surface area contributed by atoms with E-state index in [1.807, 2.05) is 18.2 Å². The van der Waals surface area contributed by atoms with Crippen LogP contribution in [0.15, 0.2) is 48.8 Å². The second kappa shape index (κ2) is 7.92. The molecule has 0 radical (unpaired) electrons. The normalized spacial score (nSPS) is 14.6. The monoisotopic (exact) mass is 363 g/mol. The Labute approximate surface area is 159 Å². The lowest BCUT2D eigenvalue weighted by molar-refractivity contribution is 0.0905. The van der Waals surface area contributed by atoms with Crippen LogP contribution in [0.2, 0.25) is 0 Å². The van der Waals surface area contributed by atoms with E-state index in [2.05, 4.69) is 41.1 Å². The molecule has 0 N–H and O–H groups in total. The molecule has 0 bridgehead atoms. The van der Waals surface area contributed by atoms with Crippen molar-refractivity contribution in [3.05, 3.63) is 59.9 Å². The van der Waals surface area contributed by atoms with Crippen LogP contribution in [0.25, 0.3) is 11.0 Å². The summed E-state index contributed by atoms with van der Waals surface area (Å²) < 4.78 is 7.17. The molecule has 2 aromatic carbocycles. The molecular formula is C22H25N3O2. The molecule has 0 unspecified atom stereocenters. The van der Waals surface area contributed by atoms with E-state index in [1.165, 1.54) is 16.8 Å². The number of rotatable bonds is 5. The fourth-order valence-electron chi connectivity index (χ4n) is 3.70. The van der Waals surface area contributed by atoms with Crippen molar-refractivity contribution in [1.82, 2.24) is 9.55 Å². The van der Waals surface area contributed by atoms with Crippen molar-refractivity contribution in [3.8, 4) is 0 Å². The molecule has 0 atom stereocenters. The van der Waals surface area contributed by atoms with Gasteiger partial charge in [0.15, 0.2) is 0 Å². The molecule has 0 spiro atoms. The zero-order valence-electron chi connectivity index (χ0n) is 15.7. The summed E-state index contributed by atoms with van der Waals surface area (Å²) in [4.78, 5) is 19.6. The van der Waals surface area contributed by atoms with Crippen molar-refractivity contribution in [3.63, 3.8) is 0 Å². The fraction of sp³-hybridized carbons (Fsp3) is 0.364. The summed E-state index contributed by atoms with van der Waals surface area (Å²) in [6.45, 7) is 5.35. The first-order valence-corrected chi connectivity index (χ1v) is 9.60. The number of anilines is 1. The summed E-state index contributed by atoms with van der Waals surface area (Å²) in [5.41, 5.74) is 5.40. The third-order valence-corrected chi connectivity index (χ3v) is 5.18. The smallest absolute Gasteiger partial charge is 0.232 e. The van der Waals surface area contributed by atoms with Crippen molar-refractivity contribution in [2.45, 2.75) is 26.2 Å². The molecule has 4 rings (SSSR count). The predicted octanol–water partition coefficient (Wildman–Crippen LogP) is 3.84. The van der Waals surface area contributed by atoms with E-state index < -0.39 is 0 Å². The highest BCUT2D eigenvalue weighted by molar-refractivity contribution is 5.92. The summed E-state index contributed by atoms with van der Waals surface area (Å²) in [6.07, 6.45) is 3.93. The highest BCUT2D eigenvalue weighted by atomic mass is 16.5. The first kappa shape index (κ1) is 17.7. The second-order valence-corrected chi connectivity index (χ2v) is 7.07. The van der Waals surface area contributed by atoms with Crippen LogP contribution in [0.5, 0.6) is 0 Å². The minimum Gasteiger partial charge on any atom is -0.378 e. The average molecular weight is 363 g/mol. The number of nitrogens with zero attached hydrogens (tertiary/aromatic N) is 3. The molecule has 1 aromatic heterocycles. The van der Waals surface area contributed by atoms with Gasteiger partial charge in [-0.05, 0) is 43.0 Å². The van der Waals surface area contributed by atoms with Crippen molar-refractivity contribution in [1.29, 1.82) is 0 Å². The van der Waals surface area contributed by atoms with E-state index in [0.717, 1.165) is 50.2 Å². The van der Waals surface area contributed by atoms with Crippen LogP contribution in [-0.4, -0.2) is 41.8 Å². The molecule has 140 valence electrons. The maximum atomic E-state index is 12.8. The largest absolute Gasteiger partial charge is 0.378 e. The molecule has 0 amide bonds. The lowest BCUT2D eigenvalue weighted by Crippen LogP contribution is -2.36. The van der Waals surface area contributed by atoms with Gasteiger partial charge in [-0.3, -0.25) is 9.36 Å². The molecule has 27 heavy (non-hydrogen) atoms. The van der Waals surface area contributed by atoms with Crippen LogP contribution in [-0.2, 0) is 11.2 Å². The minimum absolute atomic E-state index is 0.102. The van der Waals surface area contributed by atoms with E-state index in [-0.39, 0.29) is 5.91 Å². The number of carbonyl (C=O) groups is 1. The maximum Gasteiger partial charge on any atom is 0.232 e. The molecule has 1 saturated heterocycles. The fourth-order valence-corrected chi connectivity index (χ4v) is 3.70. The van der Waals surface area contributed by atoms with E-state index in [1.54, 1.807) is 10.9 Å². The Morgan fingerprint density at radius 1 is 1.15 bits per heavy atom. The number of imidazole rings is 1. The number of aromatic nitrogens is 2. The molecule has 1 fully saturated rings. The van der Waals surface area contributed by atoms with Crippen molar-refractivity contribution >= 4 is 22.6 Å². The van der Waals surface area contributed by atoms with Crippen LogP contribution in [0.3, 0.4) is 0 Å². The molecule has 3 aromatic rings. The molecule has 1 aliphatic heterocycles. The second-order valence-electron chi connectivity index (χ2n) is 7.07. The molecule has 0 saturated carbocycles. The average Bonchev–Trinajstić information content (AvgIpc) is 3.11. The Bertz CT molecular complexity index is 927. The van der Waals surface area contributed by atoms with Gasteiger partial charge in [-0.2, -0.15) is 0 Å². The Hall–Kier alpha value is -2.66. The number of morpholine rings is 1. The summed E-state index contributed by atoms with van der Waals surface area (Å²) in [6, 6.07) is 14.5. The van der Waals surface area contributed by atoms with Crippen LogP contribution in [0.1, 0.15) is 28.8 Å². The van der Waals surface area contributed by atoms with Crippen molar-refractivity contribution in [2.75, 3.05) is 31.2 Å². The molecule has 5 nitrogen and oxygen atoms in total. The SMILES string of the molecule is Cc1cc2ncn(C(=O)CCCc3ccccc3)c2cc1N1CCOCC1. The number of aryl methyl sites for hydroxylation is 2. The van der Waals surface area contributed by atoms with Gasteiger partial charge in [-0.1, -0.05) is 30.3 Å². The van der Waals surface area contributed by atoms with Crippen molar-refractivity contribution in [2.24, 2.45) is 0 Å². The molecule has 5 heteroatoms. The van der Waals surface area contributed by atoms with Gasteiger partial charge in [-0.25, -0.2) is 4.98 Å². The Balaban J connectivity index is 1.51. The van der Waals surface area contributed by atoms with E-state index in [4.69, 9.17) is 4.74 Å². The van der Waals surface area contributed by atoms with Crippen LogP contribution >= 0.6 is 0 Å².